The van der Waals surface area contributed by atoms with E-state index in [9.17, 15) is 13.2 Å². The van der Waals surface area contributed by atoms with Crippen LogP contribution in [0.5, 0.6) is 5.75 Å². The molecule has 0 amide bonds. The second-order valence-electron chi connectivity index (χ2n) is 4.58. The molecule has 1 N–H and O–H groups in total. The van der Waals surface area contributed by atoms with Gasteiger partial charge in [0.1, 0.15) is 5.75 Å². The van der Waals surface area contributed by atoms with Gasteiger partial charge in [0.05, 0.1) is 24.1 Å². The molecule has 2 rings (SSSR count). The summed E-state index contributed by atoms with van der Waals surface area (Å²) in [7, 11) is 1.55. The van der Waals surface area contributed by atoms with Crippen molar-refractivity contribution in [1.82, 2.24) is 0 Å². The summed E-state index contributed by atoms with van der Waals surface area (Å²) in [5.41, 5.74) is 2.96. The number of hydrazone groups is 1. The lowest BCUT2D eigenvalue weighted by atomic mass is 10.1. The molecule has 0 saturated heterocycles. The molecule has 3 nitrogen and oxygen atoms in total. The quantitative estimate of drug-likeness (QED) is 0.664. The molecule has 0 fully saturated rings. The summed E-state index contributed by atoms with van der Waals surface area (Å²) in [5, 5.41) is 4.03. The lowest BCUT2D eigenvalue weighted by Gasteiger charge is -2.12. The minimum atomic E-state index is -4.43. The number of ether oxygens (including phenoxy) is 1. The molecule has 0 spiro atoms. The van der Waals surface area contributed by atoms with Crippen LogP contribution in [0.4, 0.5) is 18.9 Å². The van der Waals surface area contributed by atoms with Crippen LogP contribution in [0, 0.1) is 0 Å². The van der Waals surface area contributed by atoms with Crippen molar-refractivity contribution >= 4 is 11.4 Å². The van der Waals surface area contributed by atoms with E-state index in [-0.39, 0.29) is 5.69 Å². The number of methoxy groups -OCH3 is 1. The van der Waals surface area contributed by atoms with Gasteiger partial charge in [-0.05, 0) is 31.2 Å². The summed E-state index contributed by atoms with van der Waals surface area (Å²) in [6.45, 7) is 1.71. The Morgan fingerprint density at radius 3 is 2.50 bits per heavy atom. The molecule has 2 aromatic carbocycles. The van der Waals surface area contributed by atoms with Gasteiger partial charge < -0.3 is 4.74 Å². The molecule has 22 heavy (non-hydrogen) atoms. The van der Waals surface area contributed by atoms with Crippen LogP contribution in [0.2, 0.25) is 0 Å². The molecule has 116 valence electrons. The zero-order valence-electron chi connectivity index (χ0n) is 12.1. The van der Waals surface area contributed by atoms with Crippen LogP contribution in [-0.4, -0.2) is 12.8 Å². The van der Waals surface area contributed by atoms with E-state index in [4.69, 9.17) is 4.74 Å². The largest absolute Gasteiger partial charge is 0.497 e. The van der Waals surface area contributed by atoms with Gasteiger partial charge in [0.15, 0.2) is 0 Å². The van der Waals surface area contributed by atoms with Crippen molar-refractivity contribution < 1.29 is 17.9 Å². The molecule has 0 saturated carbocycles. The van der Waals surface area contributed by atoms with E-state index in [1.54, 1.807) is 38.3 Å². The van der Waals surface area contributed by atoms with E-state index in [1.165, 1.54) is 18.2 Å². The van der Waals surface area contributed by atoms with Crippen molar-refractivity contribution in [3.8, 4) is 5.75 Å². The van der Waals surface area contributed by atoms with Crippen LogP contribution < -0.4 is 10.2 Å². The SMILES string of the molecule is COc1cccc(/C(C)=N/Nc2ccccc2C(F)(F)F)c1. The van der Waals surface area contributed by atoms with E-state index in [1.807, 2.05) is 0 Å². The maximum absolute atomic E-state index is 12.9. The molecule has 0 aromatic heterocycles. The van der Waals surface area contributed by atoms with Crippen LogP contribution in [-0.2, 0) is 6.18 Å². The molecule has 6 heteroatoms. The van der Waals surface area contributed by atoms with Crippen molar-refractivity contribution in [2.24, 2.45) is 5.10 Å². The first-order valence-electron chi connectivity index (χ1n) is 6.53. The standard InChI is InChI=1S/C16H15F3N2O/c1-11(12-6-5-7-13(10-12)22-2)20-21-15-9-4-3-8-14(15)16(17,18)19/h3-10,21H,1-2H3/b20-11+. The van der Waals surface area contributed by atoms with Gasteiger partial charge in [-0.25, -0.2) is 0 Å². The number of hydrogen-bond donors (Lipinski definition) is 1. The molecule has 2 aromatic rings. The minimum Gasteiger partial charge on any atom is -0.497 e. The minimum absolute atomic E-state index is 0.0859. The zero-order valence-corrected chi connectivity index (χ0v) is 12.1. The third kappa shape index (κ3) is 3.78. The van der Waals surface area contributed by atoms with Gasteiger partial charge in [-0.3, -0.25) is 5.43 Å². The van der Waals surface area contributed by atoms with Crippen LogP contribution in [0.25, 0.3) is 0 Å². The first kappa shape index (κ1) is 15.9. The predicted octanol–water partition coefficient (Wildman–Crippen LogP) is 4.55. The van der Waals surface area contributed by atoms with Crippen molar-refractivity contribution in [3.05, 3.63) is 59.7 Å². The molecular formula is C16H15F3N2O. The van der Waals surface area contributed by atoms with E-state index in [2.05, 4.69) is 10.5 Å². The van der Waals surface area contributed by atoms with Crippen LogP contribution in [0.3, 0.4) is 0 Å². The number of anilines is 1. The summed E-state index contributed by atoms with van der Waals surface area (Å²) in [4.78, 5) is 0. The van der Waals surface area contributed by atoms with Crippen LogP contribution in [0.1, 0.15) is 18.1 Å². The summed E-state index contributed by atoms with van der Waals surface area (Å²) >= 11 is 0. The number of benzene rings is 2. The summed E-state index contributed by atoms with van der Waals surface area (Å²) < 4.78 is 43.8. The average Bonchev–Trinajstić information content (AvgIpc) is 2.52. The molecule has 0 radical (unpaired) electrons. The monoisotopic (exact) mass is 308 g/mol. The lowest BCUT2D eigenvalue weighted by Crippen LogP contribution is -2.09. The Balaban J connectivity index is 2.25. The zero-order chi connectivity index (χ0) is 16.2. The molecule has 0 bridgehead atoms. The van der Waals surface area contributed by atoms with E-state index in [0.29, 0.717) is 11.5 Å². The van der Waals surface area contributed by atoms with Crippen molar-refractivity contribution in [2.45, 2.75) is 13.1 Å². The highest BCUT2D eigenvalue weighted by molar-refractivity contribution is 5.99. The van der Waals surface area contributed by atoms with Gasteiger partial charge in [-0.15, -0.1) is 0 Å². The Hall–Kier alpha value is -2.50. The fourth-order valence-corrected chi connectivity index (χ4v) is 1.88. The lowest BCUT2D eigenvalue weighted by molar-refractivity contribution is -0.136. The maximum atomic E-state index is 12.9. The topological polar surface area (TPSA) is 33.6 Å². The summed E-state index contributed by atoms with van der Waals surface area (Å²) in [5.74, 6) is 0.655. The molecular weight excluding hydrogens is 293 g/mol. The van der Waals surface area contributed by atoms with E-state index < -0.39 is 11.7 Å². The highest BCUT2D eigenvalue weighted by Gasteiger charge is 2.33. The van der Waals surface area contributed by atoms with Gasteiger partial charge in [0.25, 0.3) is 0 Å². The van der Waals surface area contributed by atoms with Gasteiger partial charge in [-0.1, -0.05) is 24.3 Å². The van der Waals surface area contributed by atoms with E-state index >= 15 is 0 Å². The second kappa shape index (κ2) is 6.51. The Morgan fingerprint density at radius 2 is 1.82 bits per heavy atom. The number of nitrogens with zero attached hydrogens (tertiary/aromatic N) is 1. The normalized spacial score (nSPS) is 12.1. The van der Waals surface area contributed by atoms with Gasteiger partial charge >= 0.3 is 6.18 Å². The molecule has 0 atom stereocenters. The molecule has 0 heterocycles. The Bertz CT molecular complexity index is 681. The van der Waals surface area contributed by atoms with E-state index in [0.717, 1.165) is 11.6 Å². The van der Waals surface area contributed by atoms with Crippen molar-refractivity contribution in [3.63, 3.8) is 0 Å². The first-order chi connectivity index (χ1) is 10.4. The van der Waals surface area contributed by atoms with Gasteiger partial charge in [-0.2, -0.15) is 18.3 Å². The predicted molar refractivity (Wildman–Crippen MR) is 80.3 cm³/mol. The van der Waals surface area contributed by atoms with Gasteiger partial charge in [0, 0.05) is 5.56 Å². The summed E-state index contributed by atoms with van der Waals surface area (Å²) in [6, 6.07) is 12.3. The third-order valence-corrected chi connectivity index (χ3v) is 3.06. The first-order valence-corrected chi connectivity index (χ1v) is 6.53. The molecule has 0 aliphatic carbocycles. The van der Waals surface area contributed by atoms with Crippen molar-refractivity contribution in [2.75, 3.05) is 12.5 Å². The number of nitrogens with one attached hydrogen (secondary N) is 1. The molecule has 0 aliphatic heterocycles. The number of alkyl halides is 3. The number of rotatable bonds is 4. The number of para-hydroxylation sites is 1. The number of hydrogen-bond acceptors (Lipinski definition) is 3. The van der Waals surface area contributed by atoms with Gasteiger partial charge in [0.2, 0.25) is 0 Å². The molecule has 0 unspecified atom stereocenters. The second-order valence-corrected chi connectivity index (χ2v) is 4.58. The Labute approximate surface area is 126 Å². The Kier molecular flexibility index (Phi) is 4.70. The highest BCUT2D eigenvalue weighted by atomic mass is 19.4. The fraction of sp³-hybridized carbons (Fsp3) is 0.188. The Morgan fingerprint density at radius 1 is 1.09 bits per heavy atom. The average molecular weight is 308 g/mol. The maximum Gasteiger partial charge on any atom is 0.418 e. The van der Waals surface area contributed by atoms with Crippen LogP contribution >= 0.6 is 0 Å². The number of halogens is 3. The fourth-order valence-electron chi connectivity index (χ4n) is 1.88. The van der Waals surface area contributed by atoms with Crippen LogP contribution in [0.15, 0.2) is 53.6 Å². The summed E-state index contributed by atoms with van der Waals surface area (Å²) in [6.07, 6.45) is -4.43. The molecule has 0 aliphatic rings. The third-order valence-electron chi connectivity index (χ3n) is 3.06. The smallest absolute Gasteiger partial charge is 0.418 e. The highest BCUT2D eigenvalue weighted by Crippen LogP contribution is 2.34. The van der Waals surface area contributed by atoms with Crippen molar-refractivity contribution in [1.29, 1.82) is 0 Å².